The van der Waals surface area contributed by atoms with Crippen LogP contribution in [0.5, 0.6) is 5.75 Å². The summed E-state index contributed by atoms with van der Waals surface area (Å²) in [5, 5.41) is 0. The van der Waals surface area contributed by atoms with Crippen LogP contribution >= 0.6 is 27.3 Å². The summed E-state index contributed by atoms with van der Waals surface area (Å²) in [5.41, 5.74) is 6.59. The molecule has 42 heavy (non-hydrogen) atoms. The number of nitrogens with zero attached hydrogens (tertiary/aromatic N) is 4. The number of methoxy groups -OCH3 is 1. The zero-order valence-electron chi connectivity index (χ0n) is 24.7. The van der Waals surface area contributed by atoms with Gasteiger partial charge in [0.25, 0.3) is 5.56 Å². The summed E-state index contributed by atoms with van der Waals surface area (Å²) >= 11 is 4.87. The molecule has 8 nitrogen and oxygen atoms in total. The third-order valence-corrected chi connectivity index (χ3v) is 8.99. The van der Waals surface area contributed by atoms with Gasteiger partial charge in [0.05, 0.1) is 40.0 Å². The van der Waals surface area contributed by atoms with E-state index in [1.165, 1.54) is 11.3 Å². The molecule has 2 aromatic carbocycles. The van der Waals surface area contributed by atoms with E-state index in [2.05, 4.69) is 69.6 Å². The van der Waals surface area contributed by atoms with Gasteiger partial charge in [-0.15, -0.1) is 0 Å². The lowest BCUT2D eigenvalue weighted by Gasteiger charge is -2.25. The smallest absolute Gasteiger partial charge is 0.338 e. The fourth-order valence-electron chi connectivity index (χ4n) is 5.33. The summed E-state index contributed by atoms with van der Waals surface area (Å²) in [4.78, 5) is 34.6. The van der Waals surface area contributed by atoms with Crippen molar-refractivity contribution in [3.63, 3.8) is 0 Å². The van der Waals surface area contributed by atoms with Crippen molar-refractivity contribution in [2.45, 2.75) is 33.7 Å². The Bertz CT molecular complexity index is 1900. The number of rotatable bonds is 7. The molecule has 0 unspecified atom stereocenters. The van der Waals surface area contributed by atoms with Gasteiger partial charge >= 0.3 is 5.97 Å². The number of hydrogen-bond acceptors (Lipinski definition) is 7. The number of halogens is 1. The summed E-state index contributed by atoms with van der Waals surface area (Å²) < 4.78 is 15.9. The van der Waals surface area contributed by atoms with Crippen LogP contribution in [-0.4, -0.2) is 42.9 Å². The van der Waals surface area contributed by atoms with Crippen LogP contribution in [0, 0.1) is 13.8 Å². The van der Waals surface area contributed by atoms with Gasteiger partial charge in [-0.3, -0.25) is 9.36 Å². The van der Waals surface area contributed by atoms with Crippen LogP contribution in [0.1, 0.15) is 42.4 Å². The van der Waals surface area contributed by atoms with Crippen molar-refractivity contribution in [1.82, 2.24) is 9.13 Å². The first-order chi connectivity index (χ1) is 20.0. The number of benzene rings is 2. The Morgan fingerprint density at radius 2 is 1.83 bits per heavy atom. The van der Waals surface area contributed by atoms with Gasteiger partial charge in [0.2, 0.25) is 0 Å². The summed E-state index contributed by atoms with van der Waals surface area (Å²) in [5.74, 6) is 0.157. The second-order valence-corrected chi connectivity index (χ2v) is 12.1. The molecule has 5 rings (SSSR count). The SMILES string of the molecule is CCOC(=O)C1=C(C)N=c2s/c(=C/c3cc(C)n(-c4ccc(N(C)C)cc4)c3C)c(=O)n2[C@@H]1c1ccc(OC)c(Br)c1. The van der Waals surface area contributed by atoms with Crippen LogP contribution in [-0.2, 0) is 9.53 Å². The minimum Gasteiger partial charge on any atom is -0.496 e. The molecule has 1 atom stereocenters. The summed E-state index contributed by atoms with van der Waals surface area (Å²) in [7, 11) is 5.63. The van der Waals surface area contributed by atoms with Gasteiger partial charge in [-0.25, -0.2) is 9.79 Å². The van der Waals surface area contributed by atoms with E-state index in [9.17, 15) is 9.59 Å². The summed E-state index contributed by atoms with van der Waals surface area (Å²) in [6.45, 7) is 7.87. The molecule has 0 amide bonds. The summed E-state index contributed by atoms with van der Waals surface area (Å²) in [6.07, 6.45) is 1.92. The van der Waals surface area contributed by atoms with Crippen molar-refractivity contribution in [1.29, 1.82) is 0 Å². The number of hydrogen-bond donors (Lipinski definition) is 0. The molecule has 1 aliphatic heterocycles. The maximum Gasteiger partial charge on any atom is 0.338 e. The van der Waals surface area contributed by atoms with Crippen molar-refractivity contribution >= 4 is 45.0 Å². The first-order valence-electron chi connectivity index (χ1n) is 13.6. The largest absolute Gasteiger partial charge is 0.496 e. The van der Waals surface area contributed by atoms with E-state index in [1.54, 1.807) is 25.5 Å². The monoisotopic (exact) mass is 648 g/mol. The molecule has 0 radical (unpaired) electrons. The first kappa shape index (κ1) is 29.6. The van der Waals surface area contributed by atoms with E-state index in [-0.39, 0.29) is 12.2 Å². The van der Waals surface area contributed by atoms with Crippen LogP contribution in [0.2, 0.25) is 0 Å². The number of fused-ring (bicyclic) bond motifs is 1. The quantitative estimate of drug-likeness (QED) is 0.262. The highest BCUT2D eigenvalue weighted by molar-refractivity contribution is 9.10. The predicted molar refractivity (Wildman–Crippen MR) is 171 cm³/mol. The number of aromatic nitrogens is 2. The van der Waals surface area contributed by atoms with E-state index in [1.807, 2.05) is 38.4 Å². The number of esters is 1. The molecule has 1 aliphatic rings. The molecule has 0 fully saturated rings. The highest BCUT2D eigenvalue weighted by Crippen LogP contribution is 2.35. The van der Waals surface area contributed by atoms with E-state index in [4.69, 9.17) is 14.5 Å². The Morgan fingerprint density at radius 1 is 1.12 bits per heavy atom. The fraction of sp³-hybridized carbons (Fsp3) is 0.281. The van der Waals surface area contributed by atoms with Gasteiger partial charge in [0.1, 0.15) is 5.75 Å². The Morgan fingerprint density at radius 3 is 2.45 bits per heavy atom. The molecule has 3 heterocycles. The number of carbonyl (C=O) groups excluding carboxylic acids is 1. The maximum absolute atomic E-state index is 14.1. The van der Waals surface area contributed by atoms with Crippen LogP contribution in [0.4, 0.5) is 5.69 Å². The Kier molecular flexibility index (Phi) is 8.30. The van der Waals surface area contributed by atoms with Gasteiger partial charge in [-0.2, -0.15) is 0 Å². The lowest BCUT2D eigenvalue weighted by molar-refractivity contribution is -0.139. The third-order valence-electron chi connectivity index (χ3n) is 7.39. The standard InChI is InChI=1S/C32H33BrN4O4S/c1-8-41-31(39)28-19(3)34-32-37(29(28)21-9-14-26(40-7)25(33)16-21)30(38)27(42-32)17-22-15-18(2)36(20(22)4)24-12-10-23(11-13-24)35(5)6/h9-17,29H,8H2,1-7H3/b27-17+/t29-/m1/s1. The van der Waals surface area contributed by atoms with Crippen molar-refractivity contribution < 1.29 is 14.3 Å². The first-order valence-corrected chi connectivity index (χ1v) is 15.2. The van der Waals surface area contributed by atoms with E-state index in [0.717, 1.165) is 33.9 Å². The molecule has 0 saturated carbocycles. The Balaban J connectivity index is 1.66. The molecule has 2 aromatic heterocycles. The number of ether oxygens (including phenoxy) is 2. The van der Waals surface area contributed by atoms with Crippen molar-refractivity contribution in [3.05, 3.63) is 106 Å². The van der Waals surface area contributed by atoms with Gasteiger partial charge in [-0.1, -0.05) is 17.4 Å². The molecule has 0 saturated heterocycles. The molecule has 0 aliphatic carbocycles. The van der Waals surface area contributed by atoms with E-state index < -0.39 is 12.0 Å². The van der Waals surface area contributed by atoms with Crippen molar-refractivity contribution in [2.75, 3.05) is 32.7 Å². The van der Waals surface area contributed by atoms with E-state index in [0.29, 0.717) is 30.8 Å². The minimum atomic E-state index is -0.702. The number of carbonyl (C=O) groups is 1. The molecule has 10 heteroatoms. The molecule has 0 bridgehead atoms. The predicted octanol–water partition coefficient (Wildman–Crippen LogP) is 5.04. The molecule has 4 aromatic rings. The van der Waals surface area contributed by atoms with Gasteiger partial charge < -0.3 is 18.9 Å². The number of aryl methyl sites for hydroxylation is 1. The Labute approximate surface area is 257 Å². The normalized spacial score (nSPS) is 15.0. The number of anilines is 1. The minimum absolute atomic E-state index is 0.215. The average Bonchev–Trinajstić information content (AvgIpc) is 3.41. The average molecular weight is 650 g/mol. The van der Waals surface area contributed by atoms with Gasteiger partial charge in [-0.05, 0) is 103 Å². The second kappa shape index (κ2) is 11.8. The van der Waals surface area contributed by atoms with Crippen molar-refractivity contribution in [3.8, 4) is 11.4 Å². The topological polar surface area (TPSA) is 78.1 Å². The van der Waals surface area contributed by atoms with Crippen molar-refractivity contribution in [2.24, 2.45) is 4.99 Å². The molecular weight excluding hydrogens is 616 g/mol. The Hall–Kier alpha value is -3.89. The highest BCUT2D eigenvalue weighted by Gasteiger charge is 2.33. The summed E-state index contributed by atoms with van der Waals surface area (Å²) in [6, 6.07) is 15.3. The molecular formula is C32H33BrN4O4S. The van der Waals surface area contributed by atoms with Crippen LogP contribution < -0.4 is 24.5 Å². The van der Waals surface area contributed by atoms with E-state index >= 15 is 0 Å². The zero-order valence-corrected chi connectivity index (χ0v) is 27.1. The molecule has 0 spiro atoms. The van der Waals surface area contributed by atoms with Gasteiger partial charge in [0, 0.05) is 36.9 Å². The number of thiazole rings is 1. The van der Waals surface area contributed by atoms with Gasteiger partial charge in [0.15, 0.2) is 4.80 Å². The zero-order chi connectivity index (χ0) is 30.3. The maximum atomic E-state index is 14.1. The molecule has 0 N–H and O–H groups in total. The number of allylic oxidation sites excluding steroid dienone is 1. The third kappa shape index (κ3) is 5.25. The highest BCUT2D eigenvalue weighted by atomic mass is 79.9. The van der Waals surface area contributed by atoms with Crippen LogP contribution in [0.15, 0.2) is 74.1 Å². The van der Waals surface area contributed by atoms with Crippen LogP contribution in [0.3, 0.4) is 0 Å². The second-order valence-electron chi connectivity index (χ2n) is 10.3. The fourth-order valence-corrected chi connectivity index (χ4v) is 6.93. The lowest BCUT2D eigenvalue weighted by Crippen LogP contribution is -2.40. The lowest BCUT2D eigenvalue weighted by atomic mass is 9.96. The molecule has 218 valence electrons. The van der Waals surface area contributed by atoms with Crippen LogP contribution in [0.25, 0.3) is 11.8 Å².